The Morgan fingerprint density at radius 2 is 1.94 bits per heavy atom. The van der Waals surface area contributed by atoms with Crippen LogP contribution in [0, 0.1) is 5.41 Å². The molecule has 18 heavy (non-hydrogen) atoms. The van der Waals surface area contributed by atoms with Gasteiger partial charge in [-0.05, 0) is 33.1 Å². The van der Waals surface area contributed by atoms with Crippen LogP contribution in [0.2, 0.25) is 0 Å². The molecule has 2 unspecified atom stereocenters. The molecule has 1 rings (SSSR count). The van der Waals surface area contributed by atoms with Crippen LogP contribution < -0.4 is 11.5 Å². The van der Waals surface area contributed by atoms with Crippen LogP contribution in [-0.2, 0) is 4.79 Å². The van der Waals surface area contributed by atoms with Gasteiger partial charge < -0.3 is 16.4 Å². The van der Waals surface area contributed by atoms with Crippen molar-refractivity contribution in [3.8, 4) is 0 Å². The number of nitrogens with two attached hydrogens (primary N) is 2. The largest absolute Gasteiger partial charge is 0.370 e. The van der Waals surface area contributed by atoms with Crippen molar-refractivity contribution in [2.75, 3.05) is 5.75 Å². The first-order chi connectivity index (χ1) is 8.41. The lowest BCUT2D eigenvalue weighted by atomic mass is 9.98. The number of carbonyl (C=O) groups excluding carboxylic acids is 1. The van der Waals surface area contributed by atoms with Gasteiger partial charge in [0.25, 0.3) is 0 Å². The van der Waals surface area contributed by atoms with Crippen LogP contribution in [0.25, 0.3) is 0 Å². The standard InChI is InChI=1S/C11H21N5OS/c1-7-4-3-5-8(2)16(7)9(17)6-18-11(14)15-10(12)13/h7-8H,3-6H2,1-2H3,(H5,12,13,14,15). The molecule has 0 radical (unpaired) electrons. The zero-order chi connectivity index (χ0) is 13.7. The molecule has 1 aliphatic heterocycles. The van der Waals surface area contributed by atoms with E-state index < -0.39 is 0 Å². The molecule has 5 N–H and O–H groups in total. The van der Waals surface area contributed by atoms with Crippen molar-refractivity contribution in [2.24, 2.45) is 16.5 Å². The Balaban J connectivity index is 2.49. The van der Waals surface area contributed by atoms with Gasteiger partial charge in [0.05, 0.1) is 5.75 Å². The minimum atomic E-state index is -0.153. The van der Waals surface area contributed by atoms with Crippen molar-refractivity contribution in [1.82, 2.24) is 4.90 Å². The fraction of sp³-hybridized carbons (Fsp3) is 0.727. The van der Waals surface area contributed by atoms with E-state index in [1.165, 1.54) is 6.42 Å². The molecular formula is C11H21N5OS. The Morgan fingerprint density at radius 1 is 1.39 bits per heavy atom. The molecule has 102 valence electrons. The molecule has 0 aromatic heterocycles. The van der Waals surface area contributed by atoms with Gasteiger partial charge in [-0.25, -0.2) is 0 Å². The summed E-state index contributed by atoms with van der Waals surface area (Å²) in [5.74, 6) is 0.111. The first-order valence-corrected chi connectivity index (χ1v) is 7.02. The van der Waals surface area contributed by atoms with E-state index in [0.29, 0.717) is 0 Å². The summed E-state index contributed by atoms with van der Waals surface area (Å²) in [5, 5.41) is 7.44. The summed E-state index contributed by atoms with van der Waals surface area (Å²) in [5.41, 5.74) is 10.3. The first-order valence-electron chi connectivity index (χ1n) is 6.04. The molecule has 1 amide bonds. The van der Waals surface area contributed by atoms with Crippen molar-refractivity contribution in [1.29, 1.82) is 5.41 Å². The van der Waals surface area contributed by atoms with Gasteiger partial charge in [-0.2, -0.15) is 4.99 Å². The minimum absolute atomic E-state index is 0.0272. The van der Waals surface area contributed by atoms with Gasteiger partial charge in [0, 0.05) is 12.1 Å². The van der Waals surface area contributed by atoms with Gasteiger partial charge in [0.2, 0.25) is 5.91 Å². The predicted octanol–water partition coefficient (Wildman–Crippen LogP) is 0.717. The number of amidine groups is 1. The fourth-order valence-electron chi connectivity index (χ4n) is 2.27. The summed E-state index contributed by atoms with van der Waals surface area (Å²) in [4.78, 5) is 17.6. The molecule has 0 bridgehead atoms. The van der Waals surface area contributed by atoms with Crippen LogP contribution in [0.4, 0.5) is 0 Å². The minimum Gasteiger partial charge on any atom is -0.370 e. The van der Waals surface area contributed by atoms with E-state index in [1.807, 2.05) is 4.90 Å². The maximum atomic E-state index is 12.1. The van der Waals surface area contributed by atoms with E-state index >= 15 is 0 Å². The highest BCUT2D eigenvalue weighted by Crippen LogP contribution is 2.23. The van der Waals surface area contributed by atoms with Gasteiger partial charge >= 0.3 is 0 Å². The summed E-state index contributed by atoms with van der Waals surface area (Å²) in [6, 6.07) is 0.554. The number of hydrogen-bond acceptors (Lipinski definition) is 3. The summed E-state index contributed by atoms with van der Waals surface area (Å²) in [7, 11) is 0. The van der Waals surface area contributed by atoms with E-state index in [-0.39, 0.29) is 34.9 Å². The van der Waals surface area contributed by atoms with Crippen molar-refractivity contribution in [3.63, 3.8) is 0 Å². The van der Waals surface area contributed by atoms with Crippen molar-refractivity contribution in [2.45, 2.75) is 45.2 Å². The lowest BCUT2D eigenvalue weighted by molar-refractivity contribution is -0.134. The second-order valence-electron chi connectivity index (χ2n) is 4.56. The van der Waals surface area contributed by atoms with Crippen LogP contribution in [-0.4, -0.2) is 39.8 Å². The van der Waals surface area contributed by atoms with Gasteiger partial charge in [0.1, 0.15) is 0 Å². The molecule has 1 heterocycles. The third-order valence-corrected chi connectivity index (χ3v) is 3.80. The SMILES string of the molecule is CC1CCCC(C)N1C(=O)CSC(=N)N=C(N)N. The number of amides is 1. The first kappa shape index (κ1) is 14.8. The third kappa shape index (κ3) is 4.21. The number of thioether (sulfide) groups is 1. The quantitative estimate of drug-likeness (QED) is 0.508. The molecule has 0 spiro atoms. The second kappa shape index (κ2) is 6.63. The van der Waals surface area contributed by atoms with E-state index in [2.05, 4.69) is 18.8 Å². The topological polar surface area (TPSA) is 109 Å². The van der Waals surface area contributed by atoms with Gasteiger partial charge in [-0.3, -0.25) is 10.2 Å². The van der Waals surface area contributed by atoms with Gasteiger partial charge in [-0.15, -0.1) is 0 Å². The average molecular weight is 271 g/mol. The summed E-state index contributed by atoms with van der Waals surface area (Å²) in [6.45, 7) is 4.14. The molecule has 1 fully saturated rings. The van der Waals surface area contributed by atoms with Crippen molar-refractivity contribution >= 4 is 28.8 Å². The highest BCUT2D eigenvalue weighted by atomic mass is 32.2. The molecule has 1 aliphatic rings. The molecule has 0 aliphatic carbocycles. The number of hydrogen-bond donors (Lipinski definition) is 3. The van der Waals surface area contributed by atoms with Crippen molar-refractivity contribution in [3.05, 3.63) is 0 Å². The van der Waals surface area contributed by atoms with Crippen LogP contribution in [0.15, 0.2) is 4.99 Å². The number of nitrogens with zero attached hydrogens (tertiary/aromatic N) is 2. The number of piperidine rings is 1. The Hall–Kier alpha value is -1.24. The van der Waals surface area contributed by atoms with E-state index in [9.17, 15) is 4.79 Å². The molecule has 0 aromatic rings. The zero-order valence-corrected chi connectivity index (χ0v) is 11.7. The zero-order valence-electron chi connectivity index (χ0n) is 10.8. The molecule has 0 aromatic carbocycles. The van der Waals surface area contributed by atoms with Gasteiger partial charge in [0.15, 0.2) is 11.1 Å². The van der Waals surface area contributed by atoms with Gasteiger partial charge in [-0.1, -0.05) is 11.8 Å². The number of carbonyl (C=O) groups is 1. The molecule has 0 saturated carbocycles. The smallest absolute Gasteiger partial charge is 0.233 e. The highest BCUT2D eigenvalue weighted by Gasteiger charge is 2.28. The second-order valence-corrected chi connectivity index (χ2v) is 5.52. The van der Waals surface area contributed by atoms with Crippen molar-refractivity contribution < 1.29 is 4.79 Å². The Bertz CT molecular complexity index is 343. The predicted molar refractivity (Wildman–Crippen MR) is 75.6 cm³/mol. The Labute approximate surface area is 112 Å². The highest BCUT2D eigenvalue weighted by molar-refractivity contribution is 8.14. The van der Waals surface area contributed by atoms with Crippen LogP contribution in [0.5, 0.6) is 0 Å². The monoisotopic (exact) mass is 271 g/mol. The molecular weight excluding hydrogens is 250 g/mol. The number of guanidine groups is 1. The lowest BCUT2D eigenvalue weighted by Crippen LogP contribution is -2.48. The molecule has 6 nitrogen and oxygen atoms in total. The fourth-order valence-corrected chi connectivity index (χ4v) is 2.85. The summed E-state index contributed by atoms with van der Waals surface area (Å²) < 4.78 is 0. The van der Waals surface area contributed by atoms with Crippen LogP contribution >= 0.6 is 11.8 Å². The van der Waals surface area contributed by atoms with E-state index in [1.54, 1.807) is 0 Å². The Morgan fingerprint density at radius 3 is 2.44 bits per heavy atom. The number of rotatable bonds is 2. The lowest BCUT2D eigenvalue weighted by Gasteiger charge is -2.39. The normalized spacial score (nSPS) is 23.6. The summed E-state index contributed by atoms with van der Waals surface area (Å²) in [6.07, 6.45) is 3.27. The average Bonchev–Trinajstić information content (AvgIpc) is 2.25. The van der Waals surface area contributed by atoms with Crippen LogP contribution in [0.3, 0.4) is 0 Å². The molecule has 2 atom stereocenters. The number of likely N-dealkylation sites (tertiary alicyclic amines) is 1. The van der Waals surface area contributed by atoms with Crippen LogP contribution in [0.1, 0.15) is 33.1 Å². The van der Waals surface area contributed by atoms with E-state index in [0.717, 1.165) is 24.6 Å². The number of nitrogens with one attached hydrogen (secondary N) is 1. The number of aliphatic imine (C=N–C) groups is 1. The maximum Gasteiger partial charge on any atom is 0.233 e. The molecule has 1 saturated heterocycles. The van der Waals surface area contributed by atoms with E-state index in [4.69, 9.17) is 16.9 Å². The maximum absolute atomic E-state index is 12.1. The third-order valence-electron chi connectivity index (χ3n) is 3.04. The summed E-state index contributed by atoms with van der Waals surface area (Å²) >= 11 is 1.06. The molecule has 7 heteroatoms. The Kier molecular flexibility index (Phi) is 5.46.